The van der Waals surface area contributed by atoms with Crippen molar-refractivity contribution >= 4 is 17.6 Å². The lowest BCUT2D eigenvalue weighted by Crippen LogP contribution is -2.50. The third kappa shape index (κ3) is 3.87. The summed E-state index contributed by atoms with van der Waals surface area (Å²) in [5.74, 6) is -5.97. The highest BCUT2D eigenvalue weighted by molar-refractivity contribution is 6.12. The van der Waals surface area contributed by atoms with Crippen LogP contribution in [-0.2, 0) is 20.7 Å². The third-order valence-corrected chi connectivity index (χ3v) is 4.39. The lowest BCUT2D eigenvalue weighted by Gasteiger charge is -2.42. The highest BCUT2D eigenvalue weighted by Gasteiger charge is 2.39. The number of rotatable bonds is 7. The molecule has 0 saturated heterocycles. The van der Waals surface area contributed by atoms with Gasteiger partial charge in [0, 0.05) is 13.3 Å². The van der Waals surface area contributed by atoms with Crippen molar-refractivity contribution in [3.05, 3.63) is 35.0 Å². The lowest BCUT2D eigenvalue weighted by atomic mass is 9.99. The van der Waals surface area contributed by atoms with Crippen LogP contribution in [0.25, 0.3) is 0 Å². The Labute approximate surface area is 154 Å². The Morgan fingerprint density at radius 3 is 2.41 bits per heavy atom. The topological polar surface area (TPSA) is 96.3 Å². The standard InChI is InChI=1S/C18H21F2NO6/c1-4-9-6-11(19)14(20)16-15(9)21(7-10(17(22)23)18(24)25)12(8-26-3)13(5-2)27-16/h6-7,12-13H,4-5,8H2,1-3H3,(H,22,23)(H,24,25). The number of carbonyl (C=O) groups is 2. The second kappa shape index (κ2) is 8.34. The predicted molar refractivity (Wildman–Crippen MR) is 91.9 cm³/mol. The van der Waals surface area contributed by atoms with E-state index < -0.39 is 41.3 Å². The number of hydrogen-bond donors (Lipinski definition) is 2. The molecule has 2 rings (SSSR count). The minimum atomic E-state index is -1.65. The fourth-order valence-electron chi connectivity index (χ4n) is 3.09. The fourth-order valence-corrected chi connectivity index (χ4v) is 3.09. The van der Waals surface area contributed by atoms with E-state index >= 15 is 0 Å². The smallest absolute Gasteiger partial charge is 0.344 e. The number of ether oxygens (including phenoxy) is 2. The van der Waals surface area contributed by atoms with Crippen LogP contribution >= 0.6 is 0 Å². The molecule has 7 nitrogen and oxygen atoms in total. The molecule has 148 valence electrons. The van der Waals surface area contributed by atoms with E-state index in [1.165, 1.54) is 12.0 Å². The first kappa shape index (κ1) is 20.6. The molecule has 9 heteroatoms. The second-order valence-electron chi connectivity index (χ2n) is 6.01. The molecule has 0 fully saturated rings. The largest absolute Gasteiger partial charge is 0.483 e. The summed E-state index contributed by atoms with van der Waals surface area (Å²) in [5, 5.41) is 18.4. The zero-order valence-electron chi connectivity index (χ0n) is 15.2. The Bertz CT molecular complexity index is 764. The normalized spacial score (nSPS) is 18.5. The second-order valence-corrected chi connectivity index (χ2v) is 6.01. The molecule has 27 heavy (non-hydrogen) atoms. The number of hydrogen-bond acceptors (Lipinski definition) is 5. The van der Waals surface area contributed by atoms with Crippen molar-refractivity contribution in [2.45, 2.75) is 38.8 Å². The minimum Gasteiger partial charge on any atom is -0.483 e. The van der Waals surface area contributed by atoms with Gasteiger partial charge < -0.3 is 24.6 Å². The van der Waals surface area contributed by atoms with Crippen LogP contribution in [0.4, 0.5) is 14.5 Å². The van der Waals surface area contributed by atoms with Crippen LogP contribution in [0.15, 0.2) is 17.8 Å². The van der Waals surface area contributed by atoms with Crippen LogP contribution in [-0.4, -0.2) is 48.0 Å². The van der Waals surface area contributed by atoms with Crippen molar-refractivity contribution in [1.82, 2.24) is 0 Å². The monoisotopic (exact) mass is 385 g/mol. The Kier molecular flexibility index (Phi) is 6.37. The number of carboxylic acids is 2. The summed E-state index contributed by atoms with van der Waals surface area (Å²) in [6.45, 7) is 3.53. The summed E-state index contributed by atoms with van der Waals surface area (Å²) in [6.07, 6.45) is 0.914. The van der Waals surface area contributed by atoms with E-state index in [4.69, 9.17) is 9.47 Å². The molecule has 1 heterocycles. The van der Waals surface area contributed by atoms with Crippen LogP contribution in [0.5, 0.6) is 5.75 Å². The van der Waals surface area contributed by atoms with Crippen molar-refractivity contribution in [3.8, 4) is 5.75 Å². The van der Waals surface area contributed by atoms with Crippen LogP contribution in [0.2, 0.25) is 0 Å². The van der Waals surface area contributed by atoms with Gasteiger partial charge in [-0.3, -0.25) is 0 Å². The average molecular weight is 385 g/mol. The summed E-state index contributed by atoms with van der Waals surface area (Å²) in [6, 6.07) is 0.367. The van der Waals surface area contributed by atoms with Gasteiger partial charge in [-0.2, -0.15) is 4.39 Å². The van der Waals surface area contributed by atoms with Crippen LogP contribution in [0.1, 0.15) is 25.8 Å². The molecule has 0 saturated carbocycles. The molecule has 0 aromatic heterocycles. The number of aliphatic carboxylic acids is 2. The number of nitrogens with zero attached hydrogens (tertiary/aromatic N) is 1. The van der Waals surface area contributed by atoms with Gasteiger partial charge in [0.2, 0.25) is 5.82 Å². The van der Waals surface area contributed by atoms with Gasteiger partial charge in [0.15, 0.2) is 17.1 Å². The highest BCUT2D eigenvalue weighted by atomic mass is 19.2. The molecule has 1 aromatic rings. The SMILES string of the molecule is CCc1cc(F)c(F)c2c1N(C=C(C(=O)O)C(=O)O)C(COC)C(CC)O2. The number of benzene rings is 1. The number of halogens is 2. The van der Waals surface area contributed by atoms with E-state index in [0.717, 1.165) is 12.3 Å². The Hall–Kier alpha value is -2.68. The number of anilines is 1. The number of aryl methyl sites for hydroxylation is 1. The number of methoxy groups -OCH3 is 1. The molecule has 2 N–H and O–H groups in total. The molecule has 0 radical (unpaired) electrons. The molecule has 1 aliphatic heterocycles. The minimum absolute atomic E-state index is 0.0586. The van der Waals surface area contributed by atoms with Crippen LogP contribution in [0.3, 0.4) is 0 Å². The van der Waals surface area contributed by atoms with Gasteiger partial charge in [-0.15, -0.1) is 0 Å². The van der Waals surface area contributed by atoms with E-state index in [1.807, 2.05) is 0 Å². The maximum absolute atomic E-state index is 14.4. The predicted octanol–water partition coefficient (Wildman–Crippen LogP) is 2.57. The first-order valence-electron chi connectivity index (χ1n) is 8.39. The maximum atomic E-state index is 14.4. The summed E-state index contributed by atoms with van der Waals surface area (Å²) in [5.41, 5.74) is -0.459. The van der Waals surface area contributed by atoms with E-state index in [-0.39, 0.29) is 18.0 Å². The van der Waals surface area contributed by atoms with E-state index in [1.54, 1.807) is 13.8 Å². The molecular formula is C18H21F2NO6. The lowest BCUT2D eigenvalue weighted by molar-refractivity contribution is -0.140. The van der Waals surface area contributed by atoms with Gasteiger partial charge in [0.1, 0.15) is 6.10 Å². The van der Waals surface area contributed by atoms with E-state index in [9.17, 15) is 28.6 Å². The van der Waals surface area contributed by atoms with Gasteiger partial charge >= 0.3 is 11.9 Å². The Morgan fingerprint density at radius 2 is 1.93 bits per heavy atom. The zero-order chi connectivity index (χ0) is 20.3. The molecule has 1 aliphatic rings. The van der Waals surface area contributed by atoms with Gasteiger partial charge in [-0.05, 0) is 24.5 Å². The molecule has 0 spiro atoms. The first-order valence-corrected chi connectivity index (χ1v) is 8.39. The molecule has 0 amide bonds. The maximum Gasteiger partial charge on any atom is 0.344 e. The molecule has 2 unspecified atom stereocenters. The van der Waals surface area contributed by atoms with Crippen molar-refractivity contribution in [1.29, 1.82) is 0 Å². The molecule has 2 atom stereocenters. The summed E-state index contributed by atoms with van der Waals surface area (Å²) in [4.78, 5) is 24.0. The Morgan fingerprint density at radius 1 is 1.30 bits per heavy atom. The van der Waals surface area contributed by atoms with Gasteiger partial charge in [-0.1, -0.05) is 13.8 Å². The number of fused-ring (bicyclic) bond motifs is 1. The molecule has 0 bridgehead atoms. The number of carboxylic acid groups (broad SMARTS) is 2. The van der Waals surface area contributed by atoms with Crippen LogP contribution < -0.4 is 9.64 Å². The fraction of sp³-hybridized carbons (Fsp3) is 0.444. The molecule has 0 aliphatic carbocycles. The van der Waals surface area contributed by atoms with E-state index in [0.29, 0.717) is 18.4 Å². The highest BCUT2D eigenvalue weighted by Crippen LogP contribution is 2.43. The van der Waals surface area contributed by atoms with E-state index in [2.05, 4.69) is 0 Å². The quantitative estimate of drug-likeness (QED) is 0.423. The van der Waals surface area contributed by atoms with Crippen molar-refractivity contribution in [3.63, 3.8) is 0 Å². The van der Waals surface area contributed by atoms with Crippen molar-refractivity contribution < 1.29 is 38.1 Å². The summed E-state index contributed by atoms with van der Waals surface area (Å²) >= 11 is 0. The summed E-state index contributed by atoms with van der Waals surface area (Å²) < 4.78 is 39.3. The summed E-state index contributed by atoms with van der Waals surface area (Å²) in [7, 11) is 1.42. The third-order valence-electron chi connectivity index (χ3n) is 4.39. The van der Waals surface area contributed by atoms with Crippen LogP contribution in [0, 0.1) is 11.6 Å². The Balaban J connectivity index is 2.80. The van der Waals surface area contributed by atoms with Gasteiger partial charge in [-0.25, -0.2) is 14.0 Å². The van der Waals surface area contributed by atoms with Gasteiger partial charge in [0.05, 0.1) is 18.3 Å². The molecule has 1 aromatic carbocycles. The van der Waals surface area contributed by atoms with Crippen molar-refractivity contribution in [2.75, 3.05) is 18.6 Å². The molecular weight excluding hydrogens is 364 g/mol. The average Bonchev–Trinajstić information content (AvgIpc) is 2.62. The van der Waals surface area contributed by atoms with Crippen molar-refractivity contribution in [2.24, 2.45) is 0 Å². The van der Waals surface area contributed by atoms with Gasteiger partial charge in [0.25, 0.3) is 0 Å². The first-order chi connectivity index (χ1) is 12.8. The zero-order valence-corrected chi connectivity index (χ0v) is 15.2.